The van der Waals surface area contributed by atoms with Gasteiger partial charge in [-0.1, -0.05) is 33.8 Å². The van der Waals surface area contributed by atoms with Gasteiger partial charge in [-0.15, -0.1) is 0 Å². The molecule has 0 amide bonds. The number of carboxylic acids is 1. The lowest BCUT2D eigenvalue weighted by atomic mass is 9.79. The van der Waals surface area contributed by atoms with E-state index < -0.39 is 41.9 Å². The fraction of sp³-hybridized carbons (Fsp3) is 0.565. The van der Waals surface area contributed by atoms with E-state index in [-0.39, 0.29) is 29.3 Å². The van der Waals surface area contributed by atoms with Crippen LogP contribution in [0.3, 0.4) is 0 Å². The van der Waals surface area contributed by atoms with Gasteiger partial charge >= 0.3 is 23.9 Å². The van der Waals surface area contributed by atoms with Gasteiger partial charge in [0.1, 0.15) is 12.1 Å². The van der Waals surface area contributed by atoms with Crippen molar-refractivity contribution in [3.05, 3.63) is 23.8 Å². The zero-order valence-electron chi connectivity index (χ0n) is 19.6. The number of esters is 3. The highest BCUT2D eigenvalue weighted by Gasteiger charge is 2.36. The van der Waals surface area contributed by atoms with E-state index in [1.807, 2.05) is 13.8 Å². The molecule has 4 unspecified atom stereocenters. The van der Waals surface area contributed by atoms with E-state index in [1.54, 1.807) is 26.8 Å². The third-order valence-corrected chi connectivity index (χ3v) is 5.51. The van der Waals surface area contributed by atoms with Gasteiger partial charge in [0.15, 0.2) is 11.5 Å². The van der Waals surface area contributed by atoms with Crippen LogP contribution in [0.1, 0.15) is 59.9 Å². The summed E-state index contributed by atoms with van der Waals surface area (Å²) in [4.78, 5) is 47.0. The maximum Gasteiger partial charge on any atom is 0.321 e. The summed E-state index contributed by atoms with van der Waals surface area (Å²) in [6, 6.07) is 3.02. The van der Waals surface area contributed by atoms with Gasteiger partial charge in [-0.25, -0.2) is 0 Å². The molecule has 1 aromatic rings. The normalized spacial score (nSPS) is 15.8. The summed E-state index contributed by atoms with van der Waals surface area (Å²) in [5.74, 6) is -4.46. The summed E-state index contributed by atoms with van der Waals surface area (Å²) in [7, 11) is 0. The summed E-state index contributed by atoms with van der Waals surface area (Å²) in [5.41, 5.74) is 6.44. The van der Waals surface area contributed by atoms with E-state index in [0.29, 0.717) is 5.56 Å². The zero-order valence-corrected chi connectivity index (χ0v) is 19.6. The second-order valence-corrected chi connectivity index (χ2v) is 8.32. The molecular formula is C23H33NO8. The minimum atomic E-state index is -1.33. The third-order valence-electron chi connectivity index (χ3n) is 5.51. The van der Waals surface area contributed by atoms with E-state index in [1.165, 1.54) is 26.0 Å². The van der Waals surface area contributed by atoms with Gasteiger partial charge in [0.25, 0.3) is 0 Å². The number of carbonyl (C=O) groups is 4. The maximum atomic E-state index is 12.4. The molecule has 0 aliphatic heterocycles. The topological polar surface area (TPSA) is 142 Å². The van der Waals surface area contributed by atoms with Crippen LogP contribution >= 0.6 is 0 Å². The Balaban J connectivity index is 3.36. The molecule has 0 bridgehead atoms. The number of benzene rings is 1. The van der Waals surface area contributed by atoms with E-state index >= 15 is 0 Å². The molecule has 0 aliphatic carbocycles. The second-order valence-electron chi connectivity index (χ2n) is 8.32. The fourth-order valence-corrected chi connectivity index (χ4v) is 3.16. The predicted octanol–water partition coefficient (Wildman–Crippen LogP) is 2.89. The minimum Gasteiger partial charge on any atom is -0.480 e. The highest BCUT2D eigenvalue weighted by Crippen LogP contribution is 2.37. The molecule has 0 heterocycles. The predicted molar refractivity (Wildman–Crippen MR) is 116 cm³/mol. The van der Waals surface area contributed by atoms with Crippen molar-refractivity contribution in [2.75, 3.05) is 0 Å². The van der Waals surface area contributed by atoms with Gasteiger partial charge in [0, 0.05) is 25.7 Å². The number of aliphatic carboxylic acids is 1. The molecule has 0 aliphatic rings. The second kappa shape index (κ2) is 11.6. The Hall–Kier alpha value is -2.94. The highest BCUT2D eigenvalue weighted by atomic mass is 16.6. The smallest absolute Gasteiger partial charge is 0.321 e. The number of nitrogens with two attached hydrogens (primary N) is 1. The van der Waals surface area contributed by atoms with Crippen LogP contribution in [-0.2, 0) is 23.9 Å². The Morgan fingerprint density at radius 3 is 1.91 bits per heavy atom. The van der Waals surface area contributed by atoms with Gasteiger partial charge in [-0.2, -0.15) is 0 Å². The fourth-order valence-electron chi connectivity index (χ4n) is 3.16. The Morgan fingerprint density at radius 1 is 0.906 bits per heavy atom. The number of hydrogen-bond donors (Lipinski definition) is 2. The van der Waals surface area contributed by atoms with Gasteiger partial charge in [-0.3, -0.25) is 19.2 Å². The van der Waals surface area contributed by atoms with Crippen molar-refractivity contribution < 1.29 is 38.5 Å². The van der Waals surface area contributed by atoms with Crippen molar-refractivity contribution >= 4 is 23.9 Å². The average Bonchev–Trinajstić information content (AvgIpc) is 2.68. The van der Waals surface area contributed by atoms with Crippen LogP contribution < -0.4 is 15.2 Å². The van der Waals surface area contributed by atoms with Crippen LogP contribution in [0.2, 0.25) is 0 Å². The Kier molecular flexibility index (Phi) is 9.83. The Bertz CT molecular complexity index is 850. The highest BCUT2D eigenvalue weighted by molar-refractivity contribution is 5.76. The molecule has 0 saturated carbocycles. The quantitative estimate of drug-likeness (QED) is 0.405. The van der Waals surface area contributed by atoms with Crippen molar-refractivity contribution in [3.63, 3.8) is 0 Å². The number of rotatable bonds is 10. The Morgan fingerprint density at radius 2 is 1.44 bits per heavy atom. The molecule has 0 aromatic heterocycles. The lowest BCUT2D eigenvalue weighted by molar-refractivity contribution is -0.157. The molecule has 3 N–H and O–H groups in total. The van der Waals surface area contributed by atoms with Gasteiger partial charge in [0.2, 0.25) is 0 Å². The molecule has 9 heteroatoms. The summed E-state index contributed by atoms with van der Waals surface area (Å²) in [6.45, 7) is 11.4. The van der Waals surface area contributed by atoms with E-state index in [9.17, 15) is 24.3 Å². The largest absolute Gasteiger partial charge is 0.480 e. The van der Waals surface area contributed by atoms with Crippen molar-refractivity contribution in [3.8, 4) is 11.5 Å². The van der Waals surface area contributed by atoms with E-state index in [4.69, 9.17) is 19.9 Å². The van der Waals surface area contributed by atoms with Crippen molar-refractivity contribution in [1.29, 1.82) is 0 Å². The van der Waals surface area contributed by atoms with Crippen LogP contribution in [0.15, 0.2) is 18.2 Å². The molecular weight excluding hydrogens is 418 g/mol. The van der Waals surface area contributed by atoms with E-state index in [2.05, 4.69) is 0 Å². The third kappa shape index (κ3) is 7.33. The summed E-state index contributed by atoms with van der Waals surface area (Å²) >= 11 is 0. The molecule has 0 fully saturated rings. The molecule has 9 nitrogen and oxygen atoms in total. The minimum absolute atomic E-state index is 0.0111. The van der Waals surface area contributed by atoms with Crippen LogP contribution in [-0.4, -0.2) is 41.1 Å². The van der Waals surface area contributed by atoms with Crippen LogP contribution in [0.5, 0.6) is 11.5 Å². The van der Waals surface area contributed by atoms with Crippen molar-refractivity contribution in [2.45, 2.75) is 66.5 Å². The van der Waals surface area contributed by atoms with Crippen LogP contribution in [0, 0.1) is 17.8 Å². The zero-order chi connectivity index (χ0) is 24.7. The van der Waals surface area contributed by atoms with Gasteiger partial charge < -0.3 is 25.1 Å². The number of carbonyl (C=O) groups excluding carboxylic acids is 3. The van der Waals surface area contributed by atoms with Gasteiger partial charge in [-0.05, 0) is 30.5 Å². The first-order chi connectivity index (χ1) is 14.8. The monoisotopic (exact) mass is 451 g/mol. The maximum absolute atomic E-state index is 12.4. The van der Waals surface area contributed by atoms with Crippen LogP contribution in [0.4, 0.5) is 0 Å². The molecule has 0 spiro atoms. The van der Waals surface area contributed by atoms with E-state index in [0.717, 1.165) is 0 Å². The summed E-state index contributed by atoms with van der Waals surface area (Å²) in [6.07, 6.45) is -0.649. The lowest BCUT2D eigenvalue weighted by Crippen LogP contribution is -2.43. The molecule has 1 rings (SSSR count). The molecule has 178 valence electrons. The Labute approximate surface area is 188 Å². The molecule has 0 radical (unpaired) electrons. The van der Waals surface area contributed by atoms with Crippen LogP contribution in [0.25, 0.3) is 0 Å². The summed E-state index contributed by atoms with van der Waals surface area (Å²) < 4.78 is 15.8. The van der Waals surface area contributed by atoms with Crippen molar-refractivity contribution in [1.82, 2.24) is 0 Å². The van der Waals surface area contributed by atoms with Gasteiger partial charge in [0.05, 0.1) is 5.92 Å². The SMILES string of the molecule is CC(=O)Oc1ccc(C(C(C)C(C)OC(=O)C(C)C(C)C)[C@H](N)C(=O)O)cc1OC(C)=O. The first-order valence-corrected chi connectivity index (χ1v) is 10.5. The molecule has 32 heavy (non-hydrogen) atoms. The number of carboxylic acid groups (broad SMARTS) is 1. The first kappa shape index (κ1) is 27.1. The number of hydrogen-bond acceptors (Lipinski definition) is 8. The van der Waals surface area contributed by atoms with Crippen molar-refractivity contribution in [2.24, 2.45) is 23.5 Å². The molecule has 5 atom stereocenters. The standard InChI is InChI=1S/C23H33NO8/c1-11(2)12(3)23(29)30-14(5)13(4)20(21(24)22(27)28)17-8-9-18(31-15(6)25)19(10-17)32-16(7)26/h8-14,20-21H,24H2,1-7H3,(H,27,28)/t12?,13?,14?,20?,21-/m0/s1. The average molecular weight is 452 g/mol. The summed E-state index contributed by atoms with van der Waals surface area (Å²) in [5, 5.41) is 9.59. The molecule has 1 aromatic carbocycles. The molecule has 0 saturated heterocycles. The first-order valence-electron chi connectivity index (χ1n) is 10.5. The lowest BCUT2D eigenvalue weighted by Gasteiger charge is -2.32. The number of ether oxygens (including phenoxy) is 3.